The molecule has 0 bridgehead atoms. The predicted molar refractivity (Wildman–Crippen MR) is 73.3 cm³/mol. The Morgan fingerprint density at radius 3 is 2.40 bits per heavy atom. The highest BCUT2D eigenvalue weighted by Gasteiger charge is 2.39. The van der Waals surface area contributed by atoms with Crippen LogP contribution >= 0.6 is 0 Å². The molecule has 0 aromatic heterocycles. The first-order valence-electron chi connectivity index (χ1n) is 7.45. The Balaban J connectivity index is 1.75. The number of hydrogen-bond acceptors (Lipinski definition) is 3. The van der Waals surface area contributed by atoms with Gasteiger partial charge in [0, 0.05) is 6.54 Å². The van der Waals surface area contributed by atoms with Crippen LogP contribution in [0.15, 0.2) is 0 Å². The van der Waals surface area contributed by atoms with Crippen molar-refractivity contribution in [2.75, 3.05) is 6.54 Å². The van der Waals surface area contributed by atoms with Crippen molar-refractivity contribution >= 4 is 12.0 Å². The Hall–Kier alpha value is -1.30. The summed E-state index contributed by atoms with van der Waals surface area (Å²) in [5.41, 5.74) is -0.269. The summed E-state index contributed by atoms with van der Waals surface area (Å²) in [4.78, 5) is 22.7. The monoisotopic (exact) mass is 284 g/mol. The number of carboxylic acids is 1. The highest BCUT2D eigenvalue weighted by molar-refractivity contribution is 5.74. The zero-order valence-electron chi connectivity index (χ0n) is 11.7. The van der Waals surface area contributed by atoms with E-state index in [2.05, 4.69) is 10.6 Å². The summed E-state index contributed by atoms with van der Waals surface area (Å²) in [7, 11) is 0. The van der Waals surface area contributed by atoms with Gasteiger partial charge in [-0.05, 0) is 31.1 Å². The summed E-state index contributed by atoms with van der Waals surface area (Å²) in [6.45, 7) is 0.397. The molecule has 0 aromatic carbocycles. The highest BCUT2D eigenvalue weighted by atomic mass is 16.4. The van der Waals surface area contributed by atoms with E-state index in [1.807, 2.05) is 0 Å². The minimum absolute atomic E-state index is 0.110. The SMILES string of the molecule is O=C(O)CC1(CNC(=O)NC2CCCCC2O)CCC1. The van der Waals surface area contributed by atoms with Gasteiger partial charge in [0.05, 0.1) is 18.6 Å². The summed E-state index contributed by atoms with van der Waals surface area (Å²) in [6.07, 6.45) is 5.93. The maximum Gasteiger partial charge on any atom is 0.315 e. The van der Waals surface area contributed by atoms with Crippen LogP contribution in [-0.4, -0.2) is 40.9 Å². The van der Waals surface area contributed by atoms with Crippen molar-refractivity contribution in [2.45, 2.75) is 63.5 Å². The molecule has 6 nitrogen and oxygen atoms in total. The molecule has 0 aliphatic heterocycles. The number of carboxylic acid groups (broad SMARTS) is 1. The molecule has 0 saturated heterocycles. The van der Waals surface area contributed by atoms with Gasteiger partial charge in [0.1, 0.15) is 0 Å². The molecule has 2 atom stereocenters. The fraction of sp³-hybridized carbons (Fsp3) is 0.857. The standard InChI is InChI=1S/C14H24N2O4/c17-11-5-2-1-4-10(11)16-13(20)15-9-14(6-3-7-14)8-12(18)19/h10-11,17H,1-9H2,(H,18,19)(H2,15,16,20). The molecule has 0 radical (unpaired) electrons. The highest BCUT2D eigenvalue weighted by Crippen LogP contribution is 2.43. The zero-order chi connectivity index (χ0) is 14.6. The lowest BCUT2D eigenvalue weighted by atomic mass is 9.66. The normalized spacial score (nSPS) is 28.2. The van der Waals surface area contributed by atoms with Crippen LogP contribution in [0.25, 0.3) is 0 Å². The van der Waals surface area contributed by atoms with E-state index in [-0.39, 0.29) is 23.9 Å². The van der Waals surface area contributed by atoms with Crippen molar-refractivity contribution in [3.8, 4) is 0 Å². The summed E-state index contributed by atoms with van der Waals surface area (Å²) >= 11 is 0. The summed E-state index contributed by atoms with van der Waals surface area (Å²) in [6, 6.07) is -0.479. The number of rotatable bonds is 5. The van der Waals surface area contributed by atoms with Crippen molar-refractivity contribution < 1.29 is 19.8 Å². The zero-order valence-corrected chi connectivity index (χ0v) is 11.7. The van der Waals surface area contributed by atoms with Gasteiger partial charge in [0.2, 0.25) is 0 Å². The van der Waals surface area contributed by atoms with Crippen LogP contribution < -0.4 is 10.6 Å². The van der Waals surface area contributed by atoms with Crippen LogP contribution in [0, 0.1) is 5.41 Å². The van der Waals surface area contributed by atoms with Crippen molar-refractivity contribution in [1.29, 1.82) is 0 Å². The fourth-order valence-electron chi connectivity index (χ4n) is 3.18. The van der Waals surface area contributed by atoms with E-state index < -0.39 is 12.1 Å². The van der Waals surface area contributed by atoms with Gasteiger partial charge in [-0.1, -0.05) is 19.3 Å². The number of aliphatic hydroxyl groups is 1. The van der Waals surface area contributed by atoms with Crippen LogP contribution in [0.5, 0.6) is 0 Å². The first kappa shape index (κ1) is 15.1. The number of carbonyl (C=O) groups excluding carboxylic acids is 1. The lowest BCUT2D eigenvalue weighted by Gasteiger charge is -2.41. The quantitative estimate of drug-likeness (QED) is 0.610. The largest absolute Gasteiger partial charge is 0.481 e. The maximum atomic E-state index is 11.8. The van der Waals surface area contributed by atoms with Crippen molar-refractivity contribution in [1.82, 2.24) is 10.6 Å². The average Bonchev–Trinajstić information content (AvgIpc) is 2.35. The molecular weight excluding hydrogens is 260 g/mol. The number of carbonyl (C=O) groups is 2. The molecule has 6 heteroatoms. The summed E-state index contributed by atoms with van der Waals surface area (Å²) in [5, 5.41) is 24.3. The molecule has 2 rings (SSSR count). The number of urea groups is 1. The minimum atomic E-state index is -0.811. The molecule has 2 amide bonds. The number of aliphatic carboxylic acids is 1. The van der Waals surface area contributed by atoms with E-state index in [1.54, 1.807) is 0 Å². The summed E-state index contributed by atoms with van der Waals surface area (Å²) in [5.74, 6) is -0.811. The van der Waals surface area contributed by atoms with E-state index in [4.69, 9.17) is 5.11 Å². The van der Waals surface area contributed by atoms with E-state index in [0.29, 0.717) is 6.54 Å². The van der Waals surface area contributed by atoms with E-state index in [1.165, 1.54) is 0 Å². The third-order valence-electron chi connectivity index (χ3n) is 4.61. The van der Waals surface area contributed by atoms with Gasteiger partial charge in [-0.3, -0.25) is 4.79 Å². The number of amides is 2. The molecule has 4 N–H and O–H groups in total. The molecule has 2 unspecified atom stereocenters. The molecule has 2 aliphatic rings. The molecule has 2 fully saturated rings. The van der Waals surface area contributed by atoms with Crippen molar-refractivity contribution in [3.05, 3.63) is 0 Å². The second-order valence-corrected chi connectivity index (χ2v) is 6.21. The van der Waals surface area contributed by atoms with Crippen molar-refractivity contribution in [2.24, 2.45) is 5.41 Å². The van der Waals surface area contributed by atoms with Crippen LogP contribution in [0.1, 0.15) is 51.4 Å². The third kappa shape index (κ3) is 3.85. The van der Waals surface area contributed by atoms with Crippen LogP contribution in [0.4, 0.5) is 4.79 Å². The van der Waals surface area contributed by atoms with Crippen LogP contribution in [0.2, 0.25) is 0 Å². The average molecular weight is 284 g/mol. The smallest absolute Gasteiger partial charge is 0.315 e. The lowest BCUT2D eigenvalue weighted by molar-refractivity contribution is -0.141. The van der Waals surface area contributed by atoms with E-state index in [9.17, 15) is 14.7 Å². The Morgan fingerprint density at radius 2 is 1.85 bits per heavy atom. The Morgan fingerprint density at radius 1 is 1.15 bits per heavy atom. The first-order valence-corrected chi connectivity index (χ1v) is 7.45. The molecular formula is C14H24N2O4. The number of aliphatic hydroxyl groups excluding tert-OH is 1. The van der Waals surface area contributed by atoms with E-state index >= 15 is 0 Å². The Bertz CT molecular complexity index is 368. The number of hydrogen-bond donors (Lipinski definition) is 4. The molecule has 2 saturated carbocycles. The van der Waals surface area contributed by atoms with Crippen LogP contribution in [-0.2, 0) is 4.79 Å². The fourth-order valence-corrected chi connectivity index (χ4v) is 3.18. The van der Waals surface area contributed by atoms with Gasteiger partial charge in [0.25, 0.3) is 0 Å². The van der Waals surface area contributed by atoms with Gasteiger partial charge in [-0.25, -0.2) is 4.79 Å². The second kappa shape index (κ2) is 6.43. The topological polar surface area (TPSA) is 98.7 Å². The Kier molecular flexibility index (Phi) is 4.86. The van der Waals surface area contributed by atoms with Gasteiger partial charge in [-0.2, -0.15) is 0 Å². The minimum Gasteiger partial charge on any atom is -0.481 e. The van der Waals surface area contributed by atoms with Gasteiger partial charge in [0.15, 0.2) is 0 Å². The van der Waals surface area contributed by atoms with Gasteiger partial charge < -0.3 is 20.8 Å². The van der Waals surface area contributed by atoms with E-state index in [0.717, 1.165) is 44.9 Å². The van der Waals surface area contributed by atoms with Gasteiger partial charge in [-0.15, -0.1) is 0 Å². The first-order chi connectivity index (χ1) is 9.51. The van der Waals surface area contributed by atoms with Crippen molar-refractivity contribution in [3.63, 3.8) is 0 Å². The molecule has 0 heterocycles. The van der Waals surface area contributed by atoms with Crippen LogP contribution in [0.3, 0.4) is 0 Å². The summed E-state index contributed by atoms with van der Waals surface area (Å²) < 4.78 is 0. The second-order valence-electron chi connectivity index (χ2n) is 6.21. The maximum absolute atomic E-state index is 11.8. The third-order valence-corrected chi connectivity index (χ3v) is 4.61. The molecule has 0 spiro atoms. The molecule has 0 aromatic rings. The van der Waals surface area contributed by atoms with Gasteiger partial charge >= 0.3 is 12.0 Å². The lowest BCUT2D eigenvalue weighted by Crippen LogP contribution is -2.52. The number of nitrogens with one attached hydrogen (secondary N) is 2. The predicted octanol–water partition coefficient (Wildman–Crippen LogP) is 1.23. The Labute approximate surface area is 118 Å². The molecule has 20 heavy (non-hydrogen) atoms. The molecule has 114 valence electrons. The molecule has 2 aliphatic carbocycles.